The maximum Gasteiger partial charge on any atom is 0.326 e. The number of hydrogen-bond donors (Lipinski definition) is 7. The largest absolute Gasteiger partial charge is 0.508 e. The Morgan fingerprint density at radius 1 is 0.921 bits per heavy atom. The number of carbonyl (C=O) groups excluding carboxylic acids is 3. The number of phenolic OH excluding ortho intramolecular Hbond substituents is 2. The number of amides is 3. The van der Waals surface area contributed by atoms with Crippen molar-refractivity contribution in [3.63, 3.8) is 0 Å². The first kappa shape index (κ1) is 28.8. The van der Waals surface area contributed by atoms with Crippen molar-refractivity contribution in [2.24, 2.45) is 5.73 Å². The summed E-state index contributed by atoms with van der Waals surface area (Å²) in [6.45, 7) is 0.348. The quantitative estimate of drug-likeness (QED) is 0.196. The lowest BCUT2D eigenvalue weighted by Crippen LogP contribution is -2.57. The topological polar surface area (TPSA) is 182 Å². The smallest absolute Gasteiger partial charge is 0.326 e. The molecule has 1 aliphatic heterocycles. The van der Waals surface area contributed by atoms with Crippen LogP contribution in [0.4, 0.5) is 0 Å². The Labute approximate surface area is 225 Å². The number of nitrogens with one attached hydrogen (secondary N) is 2. The molecule has 0 bridgehead atoms. The molecule has 4 atom stereocenters. The van der Waals surface area contributed by atoms with Gasteiger partial charge in [0, 0.05) is 25.1 Å². The minimum Gasteiger partial charge on any atom is -0.508 e. The molecule has 1 heterocycles. The lowest BCUT2D eigenvalue weighted by atomic mass is 10.0. The molecule has 0 radical (unpaired) electrons. The second-order valence-corrected chi connectivity index (χ2v) is 9.55. The highest BCUT2D eigenvalue weighted by molar-refractivity contribution is 7.80. The number of benzene rings is 2. The Balaban J connectivity index is 1.79. The van der Waals surface area contributed by atoms with Crippen molar-refractivity contribution in [2.45, 2.75) is 49.9 Å². The maximum atomic E-state index is 13.3. The Bertz CT molecular complexity index is 1140. The highest BCUT2D eigenvalue weighted by atomic mass is 32.1. The monoisotopic (exact) mass is 544 g/mol. The number of aliphatic carboxylic acids is 1. The predicted octanol–water partition coefficient (Wildman–Crippen LogP) is 0.185. The van der Waals surface area contributed by atoms with Crippen molar-refractivity contribution in [2.75, 3.05) is 12.3 Å². The van der Waals surface area contributed by atoms with Crippen molar-refractivity contribution in [3.8, 4) is 11.5 Å². The van der Waals surface area contributed by atoms with E-state index < -0.39 is 47.9 Å². The molecular weight excluding hydrogens is 512 g/mol. The van der Waals surface area contributed by atoms with E-state index in [1.54, 1.807) is 24.3 Å². The van der Waals surface area contributed by atoms with Crippen LogP contribution in [-0.4, -0.2) is 80.4 Å². The van der Waals surface area contributed by atoms with Crippen LogP contribution in [0.2, 0.25) is 0 Å². The van der Waals surface area contributed by atoms with E-state index in [-0.39, 0.29) is 30.1 Å². The number of aromatic hydroxyl groups is 2. The van der Waals surface area contributed by atoms with Crippen LogP contribution >= 0.6 is 12.6 Å². The van der Waals surface area contributed by atoms with Crippen molar-refractivity contribution in [1.29, 1.82) is 0 Å². The first-order valence-corrected chi connectivity index (χ1v) is 12.8. The zero-order chi connectivity index (χ0) is 27.8. The van der Waals surface area contributed by atoms with Crippen molar-refractivity contribution in [3.05, 3.63) is 59.7 Å². The van der Waals surface area contributed by atoms with E-state index in [9.17, 15) is 34.5 Å². The first-order chi connectivity index (χ1) is 18.1. The third-order valence-corrected chi connectivity index (χ3v) is 6.75. The molecule has 3 rings (SSSR count). The zero-order valence-electron chi connectivity index (χ0n) is 20.6. The fourth-order valence-electron chi connectivity index (χ4n) is 4.28. The normalized spacial score (nSPS) is 17.3. The highest BCUT2D eigenvalue weighted by Crippen LogP contribution is 2.20. The fraction of sp³-hybridized carbons (Fsp3) is 0.385. The van der Waals surface area contributed by atoms with Gasteiger partial charge in [0.15, 0.2) is 0 Å². The molecule has 1 saturated heterocycles. The number of carboxylic acids is 1. The van der Waals surface area contributed by atoms with Crippen LogP contribution in [0.25, 0.3) is 0 Å². The van der Waals surface area contributed by atoms with Gasteiger partial charge < -0.3 is 36.6 Å². The van der Waals surface area contributed by atoms with Gasteiger partial charge in [0.1, 0.15) is 29.6 Å². The summed E-state index contributed by atoms with van der Waals surface area (Å²) < 4.78 is 0. The van der Waals surface area contributed by atoms with E-state index in [2.05, 4.69) is 23.3 Å². The van der Waals surface area contributed by atoms with E-state index >= 15 is 0 Å². The standard InChI is InChI=1S/C26H32N4O7S/c27-19(14-38)25(35)30-11-1-2-22(30)24(34)28-20(12-15-3-7-17(31)8-4-15)23(33)29-21(26(36)37)13-16-5-9-18(32)10-6-16/h3-10,19-22,31-32,38H,1-2,11-14,27H2,(H,28,34)(H,29,33)(H,36,37). The van der Waals surface area contributed by atoms with Gasteiger partial charge in [-0.05, 0) is 48.2 Å². The van der Waals surface area contributed by atoms with Gasteiger partial charge in [0.25, 0.3) is 0 Å². The lowest BCUT2D eigenvalue weighted by molar-refractivity contribution is -0.143. The van der Waals surface area contributed by atoms with E-state index in [1.807, 2.05) is 0 Å². The summed E-state index contributed by atoms with van der Waals surface area (Å²) in [5.41, 5.74) is 7.02. The van der Waals surface area contributed by atoms with Gasteiger partial charge in [-0.3, -0.25) is 14.4 Å². The molecule has 1 aliphatic rings. The van der Waals surface area contributed by atoms with Crippen LogP contribution in [0.15, 0.2) is 48.5 Å². The summed E-state index contributed by atoms with van der Waals surface area (Å²) in [4.78, 5) is 52.5. The molecule has 1 fully saturated rings. The zero-order valence-corrected chi connectivity index (χ0v) is 21.5. The molecule has 204 valence electrons. The molecule has 2 aromatic carbocycles. The Morgan fingerprint density at radius 2 is 1.45 bits per heavy atom. The van der Waals surface area contributed by atoms with Gasteiger partial charge in [-0.2, -0.15) is 12.6 Å². The van der Waals surface area contributed by atoms with Gasteiger partial charge in [-0.25, -0.2) is 4.79 Å². The van der Waals surface area contributed by atoms with Crippen molar-refractivity contribution in [1.82, 2.24) is 15.5 Å². The van der Waals surface area contributed by atoms with E-state index in [4.69, 9.17) is 5.73 Å². The minimum absolute atomic E-state index is 0.0141. The predicted molar refractivity (Wildman–Crippen MR) is 142 cm³/mol. The average molecular weight is 545 g/mol. The van der Waals surface area contributed by atoms with Crippen LogP contribution in [0.1, 0.15) is 24.0 Å². The number of nitrogens with zero attached hydrogens (tertiary/aromatic N) is 1. The summed E-state index contributed by atoms with van der Waals surface area (Å²) in [5, 5.41) is 34.0. The molecule has 4 unspecified atom stereocenters. The molecule has 0 spiro atoms. The third kappa shape index (κ3) is 7.62. The molecule has 7 N–H and O–H groups in total. The Kier molecular flexibility index (Phi) is 9.97. The number of rotatable bonds is 11. The van der Waals surface area contributed by atoms with Crippen LogP contribution in [0.5, 0.6) is 11.5 Å². The molecule has 12 heteroatoms. The fourth-order valence-corrected chi connectivity index (χ4v) is 4.44. The molecule has 0 aliphatic carbocycles. The summed E-state index contributed by atoms with van der Waals surface area (Å²) in [6.07, 6.45) is 0.947. The minimum atomic E-state index is -1.30. The number of nitrogens with two attached hydrogens (primary N) is 1. The molecule has 11 nitrogen and oxygen atoms in total. The molecule has 3 amide bonds. The molecular formula is C26H32N4O7S. The SMILES string of the molecule is NC(CS)C(=O)N1CCCC1C(=O)NC(Cc1ccc(O)cc1)C(=O)NC(Cc1ccc(O)cc1)C(=O)O. The van der Waals surface area contributed by atoms with Gasteiger partial charge in [0.05, 0.1) is 6.04 Å². The number of carboxylic acid groups (broad SMARTS) is 1. The second kappa shape index (κ2) is 13.2. The van der Waals surface area contributed by atoms with Crippen LogP contribution < -0.4 is 16.4 Å². The first-order valence-electron chi connectivity index (χ1n) is 12.1. The number of likely N-dealkylation sites (tertiary alicyclic amines) is 1. The summed E-state index contributed by atoms with van der Waals surface area (Å²) >= 11 is 4.06. The van der Waals surface area contributed by atoms with Gasteiger partial charge >= 0.3 is 5.97 Å². The van der Waals surface area contributed by atoms with Gasteiger partial charge in [-0.1, -0.05) is 24.3 Å². The van der Waals surface area contributed by atoms with E-state index in [1.165, 1.54) is 29.2 Å². The highest BCUT2D eigenvalue weighted by Gasteiger charge is 2.37. The number of hydrogen-bond acceptors (Lipinski definition) is 8. The Morgan fingerprint density at radius 3 is 1.95 bits per heavy atom. The number of thiol groups is 1. The van der Waals surface area contributed by atoms with E-state index in [0.717, 1.165) is 0 Å². The number of phenols is 2. The van der Waals surface area contributed by atoms with Crippen molar-refractivity contribution < 1.29 is 34.5 Å². The maximum absolute atomic E-state index is 13.3. The third-order valence-electron chi connectivity index (χ3n) is 6.35. The van der Waals surface area contributed by atoms with Crippen LogP contribution in [0.3, 0.4) is 0 Å². The molecule has 0 saturated carbocycles. The lowest BCUT2D eigenvalue weighted by Gasteiger charge is -2.28. The summed E-state index contributed by atoms with van der Waals surface area (Å²) in [7, 11) is 0. The van der Waals surface area contributed by atoms with Crippen LogP contribution in [0, 0.1) is 0 Å². The summed E-state index contributed by atoms with van der Waals surface area (Å²) in [6, 6.07) is 7.83. The van der Waals surface area contributed by atoms with Gasteiger partial charge in [0.2, 0.25) is 17.7 Å². The second-order valence-electron chi connectivity index (χ2n) is 9.18. The summed E-state index contributed by atoms with van der Waals surface area (Å²) in [5.74, 6) is -2.78. The van der Waals surface area contributed by atoms with Crippen LogP contribution in [-0.2, 0) is 32.0 Å². The van der Waals surface area contributed by atoms with Gasteiger partial charge in [-0.15, -0.1) is 0 Å². The molecule has 2 aromatic rings. The van der Waals surface area contributed by atoms with Crippen molar-refractivity contribution >= 4 is 36.3 Å². The van der Waals surface area contributed by atoms with E-state index in [0.29, 0.717) is 30.5 Å². The number of carbonyl (C=O) groups is 4. The molecule has 38 heavy (non-hydrogen) atoms. The Hall–Kier alpha value is -3.77. The average Bonchev–Trinajstić information content (AvgIpc) is 3.39. The molecule has 0 aromatic heterocycles.